The molecule has 1 atom stereocenters. The lowest BCUT2D eigenvalue weighted by molar-refractivity contribution is 0.276. The van der Waals surface area contributed by atoms with Crippen LogP contribution in [0.1, 0.15) is 23.6 Å². The lowest BCUT2D eigenvalue weighted by Gasteiger charge is -2.09. The second-order valence-corrected chi connectivity index (χ2v) is 2.85. The van der Waals surface area contributed by atoms with Crippen molar-refractivity contribution in [2.24, 2.45) is 5.73 Å². The minimum atomic E-state index is -0.141. The van der Waals surface area contributed by atoms with Gasteiger partial charge in [-0.25, -0.2) is 0 Å². The number of nitriles is 1. The van der Waals surface area contributed by atoms with Gasteiger partial charge in [-0.05, 0) is 24.1 Å². The fourth-order valence-electron chi connectivity index (χ4n) is 1.11. The smallest absolute Gasteiger partial charge is 0.0991 e. The first-order valence-electron chi connectivity index (χ1n) is 4.14. The molecule has 3 nitrogen and oxygen atoms in total. The van der Waals surface area contributed by atoms with E-state index in [1.807, 2.05) is 18.2 Å². The second-order valence-electron chi connectivity index (χ2n) is 2.85. The quantitative estimate of drug-likeness (QED) is 0.720. The number of aliphatic hydroxyl groups excluding tert-OH is 1. The van der Waals surface area contributed by atoms with Gasteiger partial charge in [0.05, 0.1) is 11.6 Å². The van der Waals surface area contributed by atoms with Crippen LogP contribution in [-0.4, -0.2) is 11.7 Å². The van der Waals surface area contributed by atoms with E-state index in [2.05, 4.69) is 0 Å². The minimum absolute atomic E-state index is 0.0845. The zero-order valence-corrected chi connectivity index (χ0v) is 7.27. The molecule has 68 valence electrons. The number of nitrogens with two attached hydrogens (primary N) is 1. The SMILES string of the molecule is N#Cc1ccc([C@H](N)CCO)cc1. The van der Waals surface area contributed by atoms with E-state index in [1.54, 1.807) is 12.1 Å². The summed E-state index contributed by atoms with van der Waals surface area (Å²) in [6.07, 6.45) is 0.548. The Morgan fingerprint density at radius 3 is 2.46 bits per heavy atom. The Labute approximate surface area is 77.4 Å². The maximum absolute atomic E-state index is 8.67. The van der Waals surface area contributed by atoms with Crippen molar-refractivity contribution in [3.05, 3.63) is 35.4 Å². The highest BCUT2D eigenvalue weighted by Gasteiger charge is 2.03. The van der Waals surface area contributed by atoms with E-state index in [0.717, 1.165) is 5.56 Å². The van der Waals surface area contributed by atoms with Crippen molar-refractivity contribution in [3.63, 3.8) is 0 Å². The van der Waals surface area contributed by atoms with Gasteiger partial charge in [-0.1, -0.05) is 12.1 Å². The molecule has 0 unspecified atom stereocenters. The van der Waals surface area contributed by atoms with Crippen LogP contribution in [0.4, 0.5) is 0 Å². The van der Waals surface area contributed by atoms with E-state index >= 15 is 0 Å². The molecule has 0 radical (unpaired) electrons. The molecule has 0 aromatic heterocycles. The van der Waals surface area contributed by atoms with Crippen LogP contribution in [0.3, 0.4) is 0 Å². The molecule has 0 amide bonds. The summed E-state index contributed by atoms with van der Waals surface area (Å²) in [7, 11) is 0. The molecular weight excluding hydrogens is 164 g/mol. The van der Waals surface area contributed by atoms with Gasteiger partial charge in [-0.15, -0.1) is 0 Å². The Morgan fingerprint density at radius 1 is 1.38 bits per heavy atom. The predicted molar refractivity (Wildman–Crippen MR) is 49.8 cm³/mol. The molecule has 0 heterocycles. The topological polar surface area (TPSA) is 70.0 Å². The Bertz CT molecular complexity index is 300. The summed E-state index contributed by atoms with van der Waals surface area (Å²) >= 11 is 0. The molecule has 13 heavy (non-hydrogen) atoms. The van der Waals surface area contributed by atoms with Crippen LogP contribution >= 0.6 is 0 Å². The van der Waals surface area contributed by atoms with Crippen LogP contribution < -0.4 is 5.73 Å². The molecule has 1 aromatic carbocycles. The third-order valence-electron chi connectivity index (χ3n) is 1.91. The highest BCUT2D eigenvalue weighted by atomic mass is 16.3. The monoisotopic (exact) mass is 176 g/mol. The minimum Gasteiger partial charge on any atom is -0.396 e. The zero-order chi connectivity index (χ0) is 9.68. The summed E-state index contributed by atoms with van der Waals surface area (Å²) in [5, 5.41) is 17.2. The Hall–Kier alpha value is -1.37. The van der Waals surface area contributed by atoms with E-state index in [0.29, 0.717) is 12.0 Å². The van der Waals surface area contributed by atoms with E-state index in [9.17, 15) is 0 Å². The average Bonchev–Trinajstić information content (AvgIpc) is 2.18. The van der Waals surface area contributed by atoms with Crippen LogP contribution in [0.5, 0.6) is 0 Å². The standard InChI is InChI=1S/C10H12N2O/c11-7-8-1-3-9(4-2-8)10(12)5-6-13/h1-4,10,13H,5-6,12H2/t10-/m1/s1. The molecule has 0 aliphatic carbocycles. The third kappa shape index (κ3) is 2.55. The molecule has 0 aliphatic heterocycles. The summed E-state index contributed by atoms with van der Waals surface area (Å²) in [6.45, 7) is 0.0845. The second kappa shape index (κ2) is 4.61. The van der Waals surface area contributed by atoms with Crippen molar-refractivity contribution in [2.75, 3.05) is 6.61 Å². The molecular formula is C10H12N2O. The van der Waals surface area contributed by atoms with Crippen LogP contribution in [0.2, 0.25) is 0 Å². The number of hydrogen-bond acceptors (Lipinski definition) is 3. The highest BCUT2D eigenvalue weighted by molar-refractivity contribution is 5.32. The van der Waals surface area contributed by atoms with Gasteiger partial charge >= 0.3 is 0 Å². The zero-order valence-electron chi connectivity index (χ0n) is 7.27. The molecule has 0 saturated heterocycles. The van der Waals surface area contributed by atoms with Gasteiger partial charge in [-0.2, -0.15) is 5.26 Å². The van der Waals surface area contributed by atoms with Gasteiger partial charge in [0, 0.05) is 12.6 Å². The summed E-state index contributed by atoms with van der Waals surface area (Å²) in [4.78, 5) is 0. The van der Waals surface area contributed by atoms with Gasteiger partial charge in [-0.3, -0.25) is 0 Å². The van der Waals surface area contributed by atoms with Crippen molar-refractivity contribution < 1.29 is 5.11 Å². The molecule has 1 aromatic rings. The number of rotatable bonds is 3. The lowest BCUT2D eigenvalue weighted by Crippen LogP contribution is -2.11. The van der Waals surface area contributed by atoms with Crippen LogP contribution in [0.15, 0.2) is 24.3 Å². The van der Waals surface area contributed by atoms with Crippen LogP contribution in [0, 0.1) is 11.3 Å². The molecule has 1 rings (SSSR count). The van der Waals surface area contributed by atoms with Gasteiger partial charge < -0.3 is 10.8 Å². The molecule has 0 spiro atoms. The highest BCUT2D eigenvalue weighted by Crippen LogP contribution is 2.13. The predicted octanol–water partition coefficient (Wildman–Crippen LogP) is 0.940. The largest absolute Gasteiger partial charge is 0.396 e. The summed E-state index contributed by atoms with van der Waals surface area (Å²) in [5.41, 5.74) is 7.33. The summed E-state index contributed by atoms with van der Waals surface area (Å²) < 4.78 is 0. The van der Waals surface area contributed by atoms with Crippen LogP contribution in [-0.2, 0) is 0 Å². The Morgan fingerprint density at radius 2 is 2.00 bits per heavy atom. The summed E-state index contributed by atoms with van der Waals surface area (Å²) in [6, 6.07) is 8.99. The number of nitrogens with zero attached hydrogens (tertiary/aromatic N) is 1. The van der Waals surface area contributed by atoms with Crippen molar-refractivity contribution in [2.45, 2.75) is 12.5 Å². The van der Waals surface area contributed by atoms with E-state index < -0.39 is 0 Å². The van der Waals surface area contributed by atoms with E-state index in [1.165, 1.54) is 0 Å². The van der Waals surface area contributed by atoms with Crippen LogP contribution in [0.25, 0.3) is 0 Å². The van der Waals surface area contributed by atoms with Crippen molar-refractivity contribution in [1.82, 2.24) is 0 Å². The van der Waals surface area contributed by atoms with Gasteiger partial charge in [0.2, 0.25) is 0 Å². The van der Waals surface area contributed by atoms with E-state index in [-0.39, 0.29) is 12.6 Å². The fraction of sp³-hybridized carbons (Fsp3) is 0.300. The maximum Gasteiger partial charge on any atom is 0.0991 e. The first-order chi connectivity index (χ1) is 6.27. The lowest BCUT2D eigenvalue weighted by atomic mass is 10.0. The normalized spacial score (nSPS) is 12.1. The molecule has 0 aliphatic rings. The van der Waals surface area contributed by atoms with Gasteiger partial charge in [0.15, 0.2) is 0 Å². The number of aliphatic hydroxyl groups is 1. The van der Waals surface area contributed by atoms with Gasteiger partial charge in [0.25, 0.3) is 0 Å². The molecule has 0 fully saturated rings. The Kier molecular flexibility index (Phi) is 3.44. The Balaban J connectivity index is 2.75. The first kappa shape index (κ1) is 9.72. The third-order valence-corrected chi connectivity index (χ3v) is 1.91. The summed E-state index contributed by atoms with van der Waals surface area (Å²) in [5.74, 6) is 0. The molecule has 3 N–H and O–H groups in total. The molecule has 3 heteroatoms. The molecule has 0 bridgehead atoms. The first-order valence-corrected chi connectivity index (χ1v) is 4.14. The van der Waals surface area contributed by atoms with Crippen molar-refractivity contribution >= 4 is 0 Å². The number of hydrogen-bond donors (Lipinski definition) is 2. The fourth-order valence-corrected chi connectivity index (χ4v) is 1.11. The average molecular weight is 176 g/mol. The number of benzene rings is 1. The molecule has 0 saturated carbocycles. The maximum atomic E-state index is 8.67. The van der Waals surface area contributed by atoms with Gasteiger partial charge in [0.1, 0.15) is 0 Å². The van der Waals surface area contributed by atoms with Crippen molar-refractivity contribution in [1.29, 1.82) is 5.26 Å². The van der Waals surface area contributed by atoms with Crippen molar-refractivity contribution in [3.8, 4) is 6.07 Å². The van der Waals surface area contributed by atoms with E-state index in [4.69, 9.17) is 16.1 Å².